The molecule has 0 bridgehead atoms. The summed E-state index contributed by atoms with van der Waals surface area (Å²) in [6, 6.07) is 2.16. The molecule has 1 aromatic heterocycles. The van der Waals surface area contributed by atoms with Gasteiger partial charge in [0, 0.05) is 9.35 Å². The molecule has 1 aliphatic rings. The van der Waals surface area contributed by atoms with Crippen molar-refractivity contribution in [3.63, 3.8) is 0 Å². The predicted octanol–water partition coefficient (Wildman–Crippen LogP) is 3.22. The van der Waals surface area contributed by atoms with E-state index >= 15 is 0 Å². The highest BCUT2D eigenvalue weighted by atomic mass is 79.9. The van der Waals surface area contributed by atoms with Gasteiger partial charge in [-0.3, -0.25) is 0 Å². The quantitative estimate of drug-likeness (QED) is 0.817. The standard InChI is InChI=1S/C10H14BrNS/c1-7-6-12-4-2-8(7)10-9(11)3-5-13-10/h3,5,7-8,12H,2,4,6H2,1H3. The monoisotopic (exact) mass is 259 g/mol. The van der Waals surface area contributed by atoms with Crippen molar-refractivity contribution in [3.05, 3.63) is 20.8 Å². The Balaban J connectivity index is 2.19. The fraction of sp³-hybridized carbons (Fsp3) is 0.600. The number of thiophene rings is 1. The Morgan fingerprint density at radius 1 is 1.62 bits per heavy atom. The van der Waals surface area contributed by atoms with Gasteiger partial charge in [0.05, 0.1) is 0 Å². The van der Waals surface area contributed by atoms with Crippen LogP contribution in [0.3, 0.4) is 0 Å². The van der Waals surface area contributed by atoms with Gasteiger partial charge < -0.3 is 5.32 Å². The molecule has 0 spiro atoms. The minimum absolute atomic E-state index is 0.760. The first-order chi connectivity index (χ1) is 6.29. The lowest BCUT2D eigenvalue weighted by Crippen LogP contribution is -2.33. The molecule has 1 aliphatic heterocycles. The van der Waals surface area contributed by atoms with Gasteiger partial charge in [-0.1, -0.05) is 6.92 Å². The molecule has 1 saturated heterocycles. The molecule has 0 saturated carbocycles. The van der Waals surface area contributed by atoms with E-state index in [2.05, 4.69) is 39.6 Å². The Kier molecular flexibility index (Phi) is 3.06. The molecule has 0 amide bonds. The maximum Gasteiger partial charge on any atom is 0.0317 e. The maximum atomic E-state index is 3.62. The number of hydrogen-bond donors (Lipinski definition) is 1. The molecule has 2 unspecified atom stereocenters. The third kappa shape index (κ3) is 1.97. The van der Waals surface area contributed by atoms with Gasteiger partial charge in [0.15, 0.2) is 0 Å². The number of rotatable bonds is 1. The molecular weight excluding hydrogens is 246 g/mol. The van der Waals surface area contributed by atoms with Crippen LogP contribution in [0.4, 0.5) is 0 Å². The van der Waals surface area contributed by atoms with E-state index in [9.17, 15) is 0 Å². The zero-order valence-electron chi connectivity index (χ0n) is 7.72. The molecule has 72 valence electrons. The van der Waals surface area contributed by atoms with Gasteiger partial charge in [0.25, 0.3) is 0 Å². The van der Waals surface area contributed by atoms with E-state index in [1.807, 2.05) is 11.3 Å². The summed E-state index contributed by atoms with van der Waals surface area (Å²) in [5.41, 5.74) is 0. The Labute approximate surface area is 91.7 Å². The van der Waals surface area contributed by atoms with Crippen LogP contribution < -0.4 is 5.32 Å². The van der Waals surface area contributed by atoms with Gasteiger partial charge in [0.1, 0.15) is 0 Å². The molecule has 2 atom stereocenters. The van der Waals surface area contributed by atoms with Gasteiger partial charge in [-0.05, 0) is 58.7 Å². The first-order valence-electron chi connectivity index (χ1n) is 4.72. The van der Waals surface area contributed by atoms with E-state index in [1.54, 1.807) is 0 Å². The van der Waals surface area contributed by atoms with E-state index in [-0.39, 0.29) is 0 Å². The SMILES string of the molecule is CC1CNCCC1c1sccc1Br. The molecular formula is C10H14BrNS. The van der Waals surface area contributed by atoms with Gasteiger partial charge in [-0.15, -0.1) is 11.3 Å². The van der Waals surface area contributed by atoms with Gasteiger partial charge in [-0.2, -0.15) is 0 Å². The molecule has 2 rings (SSSR count). The largest absolute Gasteiger partial charge is 0.316 e. The minimum atomic E-state index is 0.760. The summed E-state index contributed by atoms with van der Waals surface area (Å²) in [5, 5.41) is 5.61. The van der Waals surface area contributed by atoms with Crippen molar-refractivity contribution in [2.45, 2.75) is 19.3 Å². The Hall–Kier alpha value is 0.140. The van der Waals surface area contributed by atoms with Crippen LogP contribution in [0.1, 0.15) is 24.1 Å². The molecule has 1 nitrogen and oxygen atoms in total. The van der Waals surface area contributed by atoms with E-state index in [4.69, 9.17) is 0 Å². The van der Waals surface area contributed by atoms with Crippen LogP contribution in [0.25, 0.3) is 0 Å². The highest BCUT2D eigenvalue weighted by Gasteiger charge is 2.24. The zero-order chi connectivity index (χ0) is 9.26. The van der Waals surface area contributed by atoms with Crippen LogP contribution in [0.2, 0.25) is 0 Å². The molecule has 1 N–H and O–H groups in total. The molecule has 3 heteroatoms. The van der Waals surface area contributed by atoms with E-state index in [0.717, 1.165) is 18.4 Å². The van der Waals surface area contributed by atoms with Crippen molar-refractivity contribution >= 4 is 27.3 Å². The zero-order valence-corrected chi connectivity index (χ0v) is 10.1. The minimum Gasteiger partial charge on any atom is -0.316 e. The average Bonchev–Trinajstić information content (AvgIpc) is 2.52. The smallest absolute Gasteiger partial charge is 0.0317 e. The third-order valence-electron chi connectivity index (χ3n) is 2.77. The molecule has 1 fully saturated rings. The van der Waals surface area contributed by atoms with E-state index in [1.165, 1.54) is 22.3 Å². The molecule has 0 aliphatic carbocycles. The summed E-state index contributed by atoms with van der Waals surface area (Å²) in [5.74, 6) is 1.53. The van der Waals surface area contributed by atoms with Crippen LogP contribution in [-0.2, 0) is 0 Å². The Morgan fingerprint density at radius 3 is 3.08 bits per heavy atom. The van der Waals surface area contributed by atoms with Crippen molar-refractivity contribution in [1.82, 2.24) is 5.32 Å². The number of piperidine rings is 1. The lowest BCUT2D eigenvalue weighted by atomic mass is 9.87. The summed E-state index contributed by atoms with van der Waals surface area (Å²) in [4.78, 5) is 1.54. The van der Waals surface area contributed by atoms with Gasteiger partial charge in [0.2, 0.25) is 0 Å². The summed E-state index contributed by atoms with van der Waals surface area (Å²) in [6.45, 7) is 4.66. The summed E-state index contributed by atoms with van der Waals surface area (Å²) >= 11 is 5.50. The number of nitrogens with one attached hydrogen (secondary N) is 1. The fourth-order valence-corrected chi connectivity index (χ4v) is 3.91. The average molecular weight is 260 g/mol. The Bertz CT molecular complexity index is 284. The first-order valence-corrected chi connectivity index (χ1v) is 6.40. The molecule has 0 radical (unpaired) electrons. The number of hydrogen-bond acceptors (Lipinski definition) is 2. The normalized spacial score (nSPS) is 29.1. The number of halogens is 1. The summed E-state index contributed by atoms with van der Waals surface area (Å²) in [6.07, 6.45) is 1.28. The van der Waals surface area contributed by atoms with Crippen molar-refractivity contribution in [2.24, 2.45) is 5.92 Å². The van der Waals surface area contributed by atoms with Crippen molar-refractivity contribution in [2.75, 3.05) is 13.1 Å². The molecule has 13 heavy (non-hydrogen) atoms. The van der Waals surface area contributed by atoms with Crippen LogP contribution in [0.15, 0.2) is 15.9 Å². The lowest BCUT2D eigenvalue weighted by Gasteiger charge is -2.29. The Morgan fingerprint density at radius 2 is 2.46 bits per heavy atom. The molecule has 0 aromatic carbocycles. The summed E-state index contributed by atoms with van der Waals surface area (Å²) < 4.78 is 1.30. The third-order valence-corrected chi connectivity index (χ3v) is 4.77. The second-order valence-electron chi connectivity index (χ2n) is 3.71. The van der Waals surface area contributed by atoms with Crippen molar-refractivity contribution < 1.29 is 0 Å². The van der Waals surface area contributed by atoms with Gasteiger partial charge >= 0.3 is 0 Å². The highest BCUT2D eigenvalue weighted by Crippen LogP contribution is 2.37. The summed E-state index contributed by atoms with van der Waals surface area (Å²) in [7, 11) is 0. The van der Waals surface area contributed by atoms with Crippen LogP contribution in [-0.4, -0.2) is 13.1 Å². The lowest BCUT2D eigenvalue weighted by molar-refractivity contribution is 0.353. The van der Waals surface area contributed by atoms with Crippen LogP contribution >= 0.6 is 27.3 Å². The predicted molar refractivity (Wildman–Crippen MR) is 61.4 cm³/mol. The molecule has 1 aromatic rings. The van der Waals surface area contributed by atoms with Crippen molar-refractivity contribution in [3.8, 4) is 0 Å². The van der Waals surface area contributed by atoms with E-state index in [0.29, 0.717) is 0 Å². The van der Waals surface area contributed by atoms with Gasteiger partial charge in [-0.25, -0.2) is 0 Å². The fourth-order valence-electron chi connectivity index (χ4n) is 1.97. The molecule has 2 heterocycles. The maximum absolute atomic E-state index is 3.62. The second kappa shape index (κ2) is 4.11. The second-order valence-corrected chi connectivity index (χ2v) is 5.51. The first kappa shape index (κ1) is 9.69. The van der Waals surface area contributed by atoms with Crippen LogP contribution in [0, 0.1) is 5.92 Å². The van der Waals surface area contributed by atoms with E-state index < -0.39 is 0 Å². The highest BCUT2D eigenvalue weighted by molar-refractivity contribution is 9.10. The topological polar surface area (TPSA) is 12.0 Å². The van der Waals surface area contributed by atoms with Crippen molar-refractivity contribution in [1.29, 1.82) is 0 Å². The van der Waals surface area contributed by atoms with Crippen LogP contribution in [0.5, 0.6) is 0 Å².